The number of aromatic nitrogens is 3. The molecule has 6 nitrogen and oxygen atoms in total. The fraction of sp³-hybridized carbons (Fsp3) is 0.269. The molecule has 4 aromatic rings. The number of carbonyl (C=O) groups excluding carboxylic acids is 1. The van der Waals surface area contributed by atoms with Gasteiger partial charge in [0.15, 0.2) is 0 Å². The Morgan fingerprint density at radius 1 is 1.16 bits per heavy atom. The average Bonchev–Trinajstić information content (AvgIpc) is 3.23. The molecule has 162 valence electrons. The van der Waals surface area contributed by atoms with Crippen LogP contribution in [-0.2, 0) is 6.54 Å². The van der Waals surface area contributed by atoms with Crippen molar-refractivity contribution in [2.45, 2.75) is 32.2 Å². The molecule has 5 rings (SSSR count). The van der Waals surface area contributed by atoms with Crippen molar-refractivity contribution in [1.29, 1.82) is 0 Å². The fourth-order valence-corrected chi connectivity index (χ4v) is 4.56. The highest BCUT2D eigenvalue weighted by Crippen LogP contribution is 2.32. The molecule has 0 bridgehead atoms. The number of anilines is 1. The normalized spacial score (nSPS) is 16.4. The highest BCUT2D eigenvalue weighted by atomic mass is 16.2. The molecule has 3 heterocycles. The number of aryl methyl sites for hydroxylation is 1. The largest absolute Gasteiger partial charge is 0.397 e. The van der Waals surface area contributed by atoms with E-state index >= 15 is 0 Å². The molecule has 6 heteroatoms. The molecule has 0 saturated carbocycles. The molecule has 1 atom stereocenters. The number of nitrogen functional groups attached to an aromatic ring is 1. The van der Waals surface area contributed by atoms with Crippen LogP contribution in [0.3, 0.4) is 0 Å². The molecular weight excluding hydrogens is 398 g/mol. The van der Waals surface area contributed by atoms with Gasteiger partial charge in [0, 0.05) is 48.9 Å². The predicted molar refractivity (Wildman–Crippen MR) is 127 cm³/mol. The van der Waals surface area contributed by atoms with Crippen molar-refractivity contribution in [2.75, 3.05) is 18.8 Å². The lowest BCUT2D eigenvalue weighted by Crippen LogP contribution is -2.39. The summed E-state index contributed by atoms with van der Waals surface area (Å²) >= 11 is 0. The number of hydrogen-bond acceptors (Lipinski definition) is 4. The summed E-state index contributed by atoms with van der Waals surface area (Å²) < 4.78 is 2.09. The van der Waals surface area contributed by atoms with Crippen LogP contribution in [0.2, 0.25) is 0 Å². The number of hydrogen-bond donors (Lipinski definition) is 1. The molecule has 1 aliphatic rings. The van der Waals surface area contributed by atoms with E-state index in [0.29, 0.717) is 12.2 Å². The van der Waals surface area contributed by atoms with Crippen molar-refractivity contribution in [1.82, 2.24) is 19.4 Å². The molecule has 2 N–H and O–H groups in total. The lowest BCUT2D eigenvalue weighted by Gasteiger charge is -2.33. The first-order valence-corrected chi connectivity index (χ1v) is 11.1. The Hall–Kier alpha value is -3.67. The number of para-hydroxylation sites is 1. The molecule has 2 aromatic carbocycles. The SMILES string of the molecule is Cc1nccn1Cc1ccc(C(=O)N2CCC[C@@H](c3nc4ccccc4cc3N)C2)cc1. The molecular formula is C26H27N5O. The van der Waals surface area contributed by atoms with Crippen molar-refractivity contribution in [2.24, 2.45) is 0 Å². The summed E-state index contributed by atoms with van der Waals surface area (Å²) in [6, 6.07) is 17.9. The van der Waals surface area contributed by atoms with Crippen LogP contribution in [0.4, 0.5) is 5.69 Å². The van der Waals surface area contributed by atoms with Gasteiger partial charge in [-0.1, -0.05) is 30.3 Å². The Morgan fingerprint density at radius 2 is 1.97 bits per heavy atom. The van der Waals surface area contributed by atoms with E-state index in [1.165, 1.54) is 0 Å². The second kappa shape index (κ2) is 8.46. The fourth-order valence-electron chi connectivity index (χ4n) is 4.56. The summed E-state index contributed by atoms with van der Waals surface area (Å²) in [4.78, 5) is 24.3. The number of imidazole rings is 1. The summed E-state index contributed by atoms with van der Waals surface area (Å²) in [7, 11) is 0. The molecule has 0 aliphatic carbocycles. The standard InChI is InChI=1S/C26H27N5O/c1-18-28-12-14-30(18)16-19-8-10-20(11-9-19)26(32)31-13-4-6-22(17-31)25-23(27)15-21-5-2-3-7-24(21)29-25/h2-3,5,7-12,14-15,22H,4,6,13,16-17,27H2,1H3/t22-/m1/s1. The Balaban J connectivity index is 1.31. The van der Waals surface area contributed by atoms with Gasteiger partial charge >= 0.3 is 0 Å². The number of piperidine rings is 1. The number of fused-ring (bicyclic) bond motifs is 1. The van der Waals surface area contributed by atoms with Gasteiger partial charge in [-0.2, -0.15) is 0 Å². The predicted octanol–water partition coefficient (Wildman–Crippen LogP) is 4.39. The van der Waals surface area contributed by atoms with Crippen molar-refractivity contribution < 1.29 is 4.79 Å². The van der Waals surface area contributed by atoms with Gasteiger partial charge in [-0.3, -0.25) is 9.78 Å². The number of benzene rings is 2. The Bertz CT molecular complexity index is 1260. The minimum Gasteiger partial charge on any atom is -0.397 e. The van der Waals surface area contributed by atoms with Crippen LogP contribution >= 0.6 is 0 Å². The lowest BCUT2D eigenvalue weighted by atomic mass is 9.92. The first kappa shape index (κ1) is 20.2. The first-order chi connectivity index (χ1) is 15.6. The number of carbonyl (C=O) groups is 1. The summed E-state index contributed by atoms with van der Waals surface area (Å²) in [5.74, 6) is 1.20. The molecule has 1 saturated heterocycles. The Morgan fingerprint density at radius 3 is 2.75 bits per heavy atom. The van der Waals surface area contributed by atoms with Gasteiger partial charge in [0.05, 0.1) is 16.9 Å². The van der Waals surface area contributed by atoms with Crippen LogP contribution in [0.5, 0.6) is 0 Å². The van der Waals surface area contributed by atoms with Gasteiger partial charge in [-0.05, 0) is 49.6 Å². The maximum atomic E-state index is 13.2. The van der Waals surface area contributed by atoms with Crippen LogP contribution < -0.4 is 5.73 Å². The van der Waals surface area contributed by atoms with Gasteiger partial charge in [-0.25, -0.2) is 4.98 Å². The monoisotopic (exact) mass is 425 g/mol. The number of rotatable bonds is 4. The van der Waals surface area contributed by atoms with E-state index < -0.39 is 0 Å². The third kappa shape index (κ3) is 3.96. The summed E-state index contributed by atoms with van der Waals surface area (Å²) in [6.07, 6.45) is 5.71. The zero-order chi connectivity index (χ0) is 22.1. The molecule has 0 radical (unpaired) electrons. The number of amides is 1. The second-order valence-electron chi connectivity index (χ2n) is 8.55. The lowest BCUT2D eigenvalue weighted by molar-refractivity contribution is 0.0706. The number of nitrogens with zero attached hydrogens (tertiary/aromatic N) is 4. The topological polar surface area (TPSA) is 77.0 Å². The average molecular weight is 426 g/mol. The van der Waals surface area contributed by atoms with Crippen LogP contribution in [0.1, 0.15) is 46.2 Å². The van der Waals surface area contributed by atoms with E-state index in [-0.39, 0.29) is 11.8 Å². The van der Waals surface area contributed by atoms with Gasteiger partial charge in [0.1, 0.15) is 5.82 Å². The van der Waals surface area contributed by atoms with E-state index in [1.54, 1.807) is 6.20 Å². The molecule has 0 unspecified atom stereocenters. The van der Waals surface area contributed by atoms with Crippen LogP contribution in [-0.4, -0.2) is 38.4 Å². The quantitative estimate of drug-likeness (QED) is 0.526. The van der Waals surface area contributed by atoms with Gasteiger partial charge < -0.3 is 15.2 Å². The molecule has 1 fully saturated rings. The summed E-state index contributed by atoms with van der Waals surface area (Å²) in [6.45, 7) is 4.14. The van der Waals surface area contributed by atoms with Crippen molar-refractivity contribution >= 4 is 22.5 Å². The Kier molecular flexibility index (Phi) is 5.35. The van der Waals surface area contributed by atoms with Crippen LogP contribution in [0.15, 0.2) is 67.0 Å². The maximum absolute atomic E-state index is 13.2. The van der Waals surface area contributed by atoms with E-state index in [2.05, 4.69) is 9.55 Å². The van der Waals surface area contributed by atoms with Gasteiger partial charge in [-0.15, -0.1) is 0 Å². The highest BCUT2D eigenvalue weighted by molar-refractivity contribution is 5.94. The van der Waals surface area contributed by atoms with Crippen LogP contribution in [0.25, 0.3) is 10.9 Å². The van der Waals surface area contributed by atoms with E-state index in [0.717, 1.165) is 59.5 Å². The number of likely N-dealkylation sites (tertiary alicyclic amines) is 1. The van der Waals surface area contributed by atoms with E-state index in [4.69, 9.17) is 10.7 Å². The smallest absolute Gasteiger partial charge is 0.253 e. The number of pyridine rings is 1. The molecule has 1 amide bonds. The van der Waals surface area contributed by atoms with Crippen LogP contribution in [0, 0.1) is 6.92 Å². The molecule has 0 spiro atoms. The zero-order valence-corrected chi connectivity index (χ0v) is 18.2. The van der Waals surface area contributed by atoms with Gasteiger partial charge in [0.25, 0.3) is 5.91 Å². The summed E-state index contributed by atoms with van der Waals surface area (Å²) in [5, 5.41) is 1.04. The number of nitrogens with two attached hydrogens (primary N) is 1. The van der Waals surface area contributed by atoms with Crippen molar-refractivity contribution in [3.63, 3.8) is 0 Å². The molecule has 32 heavy (non-hydrogen) atoms. The van der Waals surface area contributed by atoms with E-state index in [1.807, 2.05) is 72.6 Å². The molecule has 2 aromatic heterocycles. The maximum Gasteiger partial charge on any atom is 0.253 e. The Labute approximate surface area is 187 Å². The van der Waals surface area contributed by atoms with E-state index in [9.17, 15) is 4.79 Å². The van der Waals surface area contributed by atoms with Gasteiger partial charge in [0.2, 0.25) is 0 Å². The van der Waals surface area contributed by atoms with Crippen molar-refractivity contribution in [3.8, 4) is 0 Å². The zero-order valence-electron chi connectivity index (χ0n) is 18.2. The second-order valence-corrected chi connectivity index (χ2v) is 8.55. The minimum atomic E-state index is 0.0689. The summed E-state index contributed by atoms with van der Waals surface area (Å²) in [5.41, 5.74) is 10.8. The highest BCUT2D eigenvalue weighted by Gasteiger charge is 2.27. The minimum absolute atomic E-state index is 0.0689. The third-order valence-electron chi connectivity index (χ3n) is 6.36. The first-order valence-electron chi connectivity index (χ1n) is 11.1. The third-order valence-corrected chi connectivity index (χ3v) is 6.36. The van der Waals surface area contributed by atoms with Crippen molar-refractivity contribution in [3.05, 3.63) is 89.6 Å². The molecule has 1 aliphatic heterocycles.